The second-order valence-corrected chi connectivity index (χ2v) is 6.05. The Bertz CT molecular complexity index is 592. The minimum atomic E-state index is 0.758. The van der Waals surface area contributed by atoms with Crippen molar-refractivity contribution >= 4 is 0 Å². The molecule has 1 aliphatic carbocycles. The molecule has 2 aliphatic rings. The van der Waals surface area contributed by atoms with E-state index in [-0.39, 0.29) is 0 Å². The number of aromatic nitrogens is 2. The van der Waals surface area contributed by atoms with E-state index in [4.69, 9.17) is 5.10 Å². The number of nitrogens with zero attached hydrogens (tertiary/aromatic N) is 2. The molecule has 0 amide bonds. The molecule has 0 radical (unpaired) electrons. The lowest BCUT2D eigenvalue weighted by atomic mass is 10.1. The number of fused-ring (bicyclic) bond motifs is 1. The first-order chi connectivity index (χ1) is 9.86. The lowest BCUT2D eigenvalue weighted by molar-refractivity contribution is 0.583. The van der Waals surface area contributed by atoms with E-state index in [1.54, 1.807) is 0 Å². The van der Waals surface area contributed by atoms with E-state index in [0.29, 0.717) is 0 Å². The van der Waals surface area contributed by atoms with Gasteiger partial charge in [-0.2, -0.15) is 5.10 Å². The minimum Gasteiger partial charge on any atom is -0.316 e. The maximum absolute atomic E-state index is 4.81. The molecular formula is C17H21N3. The number of piperidine rings is 1. The predicted molar refractivity (Wildman–Crippen MR) is 79.7 cm³/mol. The first kappa shape index (κ1) is 12.2. The molecule has 3 heteroatoms. The second kappa shape index (κ2) is 4.74. The molecule has 1 aliphatic heterocycles. The molecule has 4 rings (SSSR count). The van der Waals surface area contributed by atoms with E-state index in [2.05, 4.69) is 53.3 Å². The molecule has 1 saturated heterocycles. The maximum Gasteiger partial charge on any atom is 0.0671 e. The topological polar surface area (TPSA) is 29.9 Å². The Morgan fingerprint density at radius 2 is 1.95 bits per heavy atom. The largest absolute Gasteiger partial charge is 0.316 e. The second-order valence-electron chi connectivity index (χ2n) is 6.05. The summed E-state index contributed by atoms with van der Waals surface area (Å²) in [5.41, 5.74) is 4.03. The summed E-state index contributed by atoms with van der Waals surface area (Å²) in [6.07, 6.45) is 0.946. The highest BCUT2D eigenvalue weighted by atomic mass is 15.3. The fourth-order valence-electron chi connectivity index (χ4n) is 3.76. The van der Waals surface area contributed by atoms with Crippen molar-refractivity contribution in [2.24, 2.45) is 11.8 Å². The van der Waals surface area contributed by atoms with E-state index in [1.165, 1.54) is 30.0 Å². The molecule has 0 spiro atoms. The van der Waals surface area contributed by atoms with Crippen LogP contribution in [0, 0.1) is 11.8 Å². The summed E-state index contributed by atoms with van der Waals surface area (Å²) in [5.74, 6) is 2.48. The van der Waals surface area contributed by atoms with Gasteiger partial charge in [0.2, 0.25) is 0 Å². The number of benzene rings is 1. The Morgan fingerprint density at radius 3 is 2.65 bits per heavy atom. The van der Waals surface area contributed by atoms with E-state index in [9.17, 15) is 0 Å². The average Bonchev–Trinajstić information content (AvgIpc) is 2.85. The molecule has 104 valence electrons. The van der Waals surface area contributed by atoms with Gasteiger partial charge in [0, 0.05) is 24.6 Å². The standard InChI is InChI=1S/C17H21N3/c1-2-20-16(17-14-10-18-11-15(14)17)9-13(19-20)8-12-6-4-3-5-7-12/h3-7,9,14-15,17-18H,2,8,10-11H2,1H3/t14-,15+,17?. The Balaban J connectivity index is 1.58. The van der Waals surface area contributed by atoms with E-state index in [1.807, 2.05) is 0 Å². The molecule has 2 aromatic rings. The van der Waals surface area contributed by atoms with Gasteiger partial charge < -0.3 is 5.32 Å². The first-order valence-corrected chi connectivity index (χ1v) is 7.68. The molecule has 3 nitrogen and oxygen atoms in total. The monoisotopic (exact) mass is 267 g/mol. The lowest BCUT2D eigenvalue weighted by Crippen LogP contribution is -2.15. The van der Waals surface area contributed by atoms with Crippen LogP contribution in [0.5, 0.6) is 0 Å². The molecule has 1 saturated carbocycles. The summed E-state index contributed by atoms with van der Waals surface area (Å²) in [4.78, 5) is 0. The highest BCUT2D eigenvalue weighted by Gasteiger charge is 2.54. The normalized spacial score (nSPS) is 27.6. The van der Waals surface area contributed by atoms with Crippen molar-refractivity contribution in [3.8, 4) is 0 Å². The summed E-state index contributed by atoms with van der Waals surface area (Å²) in [6.45, 7) is 5.56. The first-order valence-electron chi connectivity index (χ1n) is 7.68. The fourth-order valence-corrected chi connectivity index (χ4v) is 3.76. The molecule has 20 heavy (non-hydrogen) atoms. The maximum atomic E-state index is 4.81. The van der Waals surface area contributed by atoms with Gasteiger partial charge in [-0.25, -0.2) is 0 Å². The van der Waals surface area contributed by atoms with Gasteiger partial charge in [0.25, 0.3) is 0 Å². The molecule has 2 heterocycles. The van der Waals surface area contributed by atoms with Gasteiger partial charge in [-0.3, -0.25) is 4.68 Å². The third-order valence-electron chi connectivity index (χ3n) is 4.82. The van der Waals surface area contributed by atoms with Gasteiger partial charge in [0.15, 0.2) is 0 Å². The summed E-state index contributed by atoms with van der Waals surface area (Å²) in [5, 5.41) is 8.28. The average molecular weight is 267 g/mol. The van der Waals surface area contributed by atoms with Crippen LogP contribution in [0.3, 0.4) is 0 Å². The zero-order valence-electron chi connectivity index (χ0n) is 11.9. The van der Waals surface area contributed by atoms with Crippen molar-refractivity contribution in [1.82, 2.24) is 15.1 Å². The van der Waals surface area contributed by atoms with E-state index < -0.39 is 0 Å². The van der Waals surface area contributed by atoms with Crippen LogP contribution in [-0.2, 0) is 13.0 Å². The highest BCUT2D eigenvalue weighted by Crippen LogP contribution is 2.55. The summed E-state index contributed by atoms with van der Waals surface area (Å²) in [7, 11) is 0. The van der Waals surface area contributed by atoms with E-state index >= 15 is 0 Å². The van der Waals surface area contributed by atoms with Crippen LogP contribution in [0.15, 0.2) is 36.4 Å². The lowest BCUT2D eigenvalue weighted by Gasteiger charge is -2.06. The van der Waals surface area contributed by atoms with Crippen molar-refractivity contribution in [2.45, 2.75) is 25.8 Å². The highest BCUT2D eigenvalue weighted by molar-refractivity contribution is 5.29. The van der Waals surface area contributed by atoms with Crippen LogP contribution in [0.4, 0.5) is 0 Å². The van der Waals surface area contributed by atoms with Crippen LogP contribution < -0.4 is 5.32 Å². The van der Waals surface area contributed by atoms with Gasteiger partial charge >= 0.3 is 0 Å². The molecule has 1 unspecified atom stereocenters. The third kappa shape index (κ3) is 1.97. The summed E-state index contributed by atoms with van der Waals surface area (Å²) in [6, 6.07) is 13.0. The number of hydrogen-bond acceptors (Lipinski definition) is 2. The van der Waals surface area contributed by atoms with Gasteiger partial charge in [-0.05, 0) is 43.5 Å². The van der Waals surface area contributed by atoms with Crippen LogP contribution in [0.2, 0.25) is 0 Å². The van der Waals surface area contributed by atoms with Gasteiger partial charge in [-0.1, -0.05) is 30.3 Å². The van der Waals surface area contributed by atoms with Gasteiger partial charge in [-0.15, -0.1) is 0 Å². The Labute approximate surface area is 120 Å². The Hall–Kier alpha value is -1.61. The molecule has 3 atom stereocenters. The van der Waals surface area contributed by atoms with Gasteiger partial charge in [0.1, 0.15) is 0 Å². The Morgan fingerprint density at radius 1 is 1.20 bits per heavy atom. The van der Waals surface area contributed by atoms with Crippen molar-refractivity contribution < 1.29 is 0 Å². The van der Waals surface area contributed by atoms with Crippen molar-refractivity contribution in [2.75, 3.05) is 13.1 Å². The van der Waals surface area contributed by atoms with Crippen LogP contribution in [0.1, 0.15) is 29.8 Å². The van der Waals surface area contributed by atoms with Crippen LogP contribution in [0.25, 0.3) is 0 Å². The predicted octanol–water partition coefficient (Wildman–Crippen LogP) is 2.43. The van der Waals surface area contributed by atoms with Crippen LogP contribution >= 0.6 is 0 Å². The Kier molecular flexibility index (Phi) is 2.88. The zero-order chi connectivity index (χ0) is 13.5. The number of hydrogen-bond donors (Lipinski definition) is 1. The van der Waals surface area contributed by atoms with E-state index in [0.717, 1.165) is 30.7 Å². The quantitative estimate of drug-likeness (QED) is 0.922. The number of rotatable bonds is 4. The van der Waals surface area contributed by atoms with Crippen molar-refractivity contribution in [3.63, 3.8) is 0 Å². The SMILES string of the molecule is CCn1nc(Cc2ccccc2)cc1C1[C@H]2CNC[C@@H]12. The molecular weight excluding hydrogens is 246 g/mol. The molecule has 1 aromatic heterocycles. The minimum absolute atomic E-state index is 0.758. The smallest absolute Gasteiger partial charge is 0.0671 e. The fraction of sp³-hybridized carbons (Fsp3) is 0.471. The zero-order valence-corrected chi connectivity index (χ0v) is 11.9. The number of nitrogens with one attached hydrogen (secondary N) is 1. The molecule has 2 fully saturated rings. The summed E-state index contributed by atoms with van der Waals surface area (Å²) >= 11 is 0. The van der Waals surface area contributed by atoms with Crippen molar-refractivity contribution in [1.29, 1.82) is 0 Å². The number of aryl methyl sites for hydroxylation is 1. The molecule has 0 bridgehead atoms. The molecule has 1 N–H and O–H groups in total. The summed E-state index contributed by atoms with van der Waals surface area (Å²) < 4.78 is 2.22. The third-order valence-corrected chi connectivity index (χ3v) is 4.82. The van der Waals surface area contributed by atoms with Gasteiger partial charge in [0.05, 0.1) is 5.69 Å². The van der Waals surface area contributed by atoms with Crippen LogP contribution in [-0.4, -0.2) is 22.9 Å². The molecule has 1 aromatic carbocycles. The van der Waals surface area contributed by atoms with Crippen molar-refractivity contribution in [3.05, 3.63) is 53.3 Å².